The topological polar surface area (TPSA) is 101 Å². The molecule has 118 valence electrons. The first-order valence-corrected chi connectivity index (χ1v) is 7.45. The number of carbonyl (C=O) groups is 2. The molecule has 2 aromatic heterocycles. The van der Waals surface area contributed by atoms with E-state index < -0.39 is 11.6 Å². The maximum atomic E-state index is 12.7. The number of hydrogen-bond donors (Lipinski definition) is 1. The summed E-state index contributed by atoms with van der Waals surface area (Å²) in [5.74, 6) is 0.922. The maximum absolute atomic E-state index is 12.7. The van der Waals surface area contributed by atoms with Gasteiger partial charge in [-0.2, -0.15) is 4.98 Å². The van der Waals surface area contributed by atoms with Gasteiger partial charge in [0.25, 0.3) is 5.91 Å². The van der Waals surface area contributed by atoms with Gasteiger partial charge in [-0.25, -0.2) is 4.79 Å². The molecule has 1 aliphatic carbocycles. The standard InChI is InChI=1S/C15H15N5O3/c1-15(10-3-2-6-16-7-10)13(21)20(14(22)18-15)8-11-17-12(19-23-11)9-4-5-9/h2-3,6-7,9H,4-5,8H2,1H3,(H,18,22). The lowest BCUT2D eigenvalue weighted by Gasteiger charge is -2.21. The predicted molar refractivity (Wildman–Crippen MR) is 76.9 cm³/mol. The molecule has 0 bridgehead atoms. The number of rotatable bonds is 4. The van der Waals surface area contributed by atoms with Crippen LogP contribution in [0.15, 0.2) is 29.0 Å². The summed E-state index contributed by atoms with van der Waals surface area (Å²) in [7, 11) is 0. The molecule has 1 unspecified atom stereocenters. The molecule has 2 aromatic rings. The molecule has 1 saturated carbocycles. The summed E-state index contributed by atoms with van der Waals surface area (Å²) < 4.78 is 5.15. The fraction of sp³-hybridized carbons (Fsp3) is 0.400. The Morgan fingerprint density at radius 2 is 2.26 bits per heavy atom. The Labute approximate surface area is 131 Å². The highest BCUT2D eigenvalue weighted by Gasteiger charge is 2.49. The molecule has 0 spiro atoms. The zero-order valence-electron chi connectivity index (χ0n) is 12.5. The number of amides is 3. The Hall–Kier alpha value is -2.77. The molecule has 3 amide bonds. The summed E-state index contributed by atoms with van der Waals surface area (Å²) in [6.45, 7) is 1.63. The van der Waals surface area contributed by atoms with E-state index in [1.807, 2.05) is 0 Å². The van der Waals surface area contributed by atoms with Gasteiger partial charge >= 0.3 is 6.03 Å². The highest BCUT2D eigenvalue weighted by Crippen LogP contribution is 2.38. The van der Waals surface area contributed by atoms with Crippen molar-refractivity contribution < 1.29 is 14.1 Å². The van der Waals surface area contributed by atoms with E-state index in [1.54, 1.807) is 31.5 Å². The van der Waals surface area contributed by atoms with Crippen LogP contribution >= 0.6 is 0 Å². The normalized spacial score (nSPS) is 24.1. The first-order valence-electron chi connectivity index (χ1n) is 7.45. The van der Waals surface area contributed by atoms with E-state index in [0.29, 0.717) is 17.3 Å². The van der Waals surface area contributed by atoms with E-state index >= 15 is 0 Å². The van der Waals surface area contributed by atoms with Gasteiger partial charge in [0.15, 0.2) is 5.82 Å². The Morgan fingerprint density at radius 3 is 2.96 bits per heavy atom. The fourth-order valence-electron chi connectivity index (χ4n) is 2.67. The van der Waals surface area contributed by atoms with Gasteiger partial charge < -0.3 is 9.84 Å². The van der Waals surface area contributed by atoms with Crippen LogP contribution in [0.5, 0.6) is 0 Å². The SMILES string of the molecule is CC1(c2cccnc2)NC(=O)N(Cc2nc(C3CC3)no2)C1=O. The van der Waals surface area contributed by atoms with Crippen LogP contribution in [0.2, 0.25) is 0 Å². The summed E-state index contributed by atoms with van der Waals surface area (Å²) in [5, 5.41) is 6.62. The monoisotopic (exact) mass is 313 g/mol. The second-order valence-electron chi connectivity index (χ2n) is 6.01. The molecular weight excluding hydrogens is 298 g/mol. The number of imide groups is 1. The van der Waals surface area contributed by atoms with E-state index in [0.717, 1.165) is 17.7 Å². The molecule has 8 nitrogen and oxygen atoms in total. The summed E-state index contributed by atoms with van der Waals surface area (Å²) in [6, 6.07) is 3.00. The second kappa shape index (κ2) is 4.87. The van der Waals surface area contributed by atoms with Crippen LogP contribution < -0.4 is 5.32 Å². The predicted octanol–water partition coefficient (Wildman–Crippen LogP) is 1.31. The molecule has 2 fully saturated rings. The average molecular weight is 313 g/mol. The van der Waals surface area contributed by atoms with Crippen molar-refractivity contribution in [2.45, 2.75) is 37.8 Å². The smallest absolute Gasteiger partial charge is 0.325 e. The molecule has 2 aliphatic rings. The van der Waals surface area contributed by atoms with Gasteiger partial charge in [-0.1, -0.05) is 11.2 Å². The molecule has 3 heterocycles. The van der Waals surface area contributed by atoms with Crippen molar-refractivity contribution in [2.24, 2.45) is 0 Å². The number of hydrogen-bond acceptors (Lipinski definition) is 6. The van der Waals surface area contributed by atoms with E-state index in [9.17, 15) is 9.59 Å². The van der Waals surface area contributed by atoms with Gasteiger partial charge in [-0.3, -0.25) is 14.7 Å². The van der Waals surface area contributed by atoms with Crippen LogP contribution in [-0.2, 0) is 16.9 Å². The van der Waals surface area contributed by atoms with Crippen LogP contribution in [0.1, 0.15) is 43.0 Å². The van der Waals surface area contributed by atoms with Crippen LogP contribution in [0.25, 0.3) is 0 Å². The molecule has 4 rings (SSSR count). The third kappa shape index (κ3) is 2.26. The Kier molecular flexibility index (Phi) is 2.93. The van der Waals surface area contributed by atoms with E-state index in [-0.39, 0.29) is 18.3 Å². The molecule has 1 atom stereocenters. The Bertz CT molecular complexity index is 770. The van der Waals surface area contributed by atoms with Gasteiger partial charge in [0.2, 0.25) is 5.89 Å². The molecule has 23 heavy (non-hydrogen) atoms. The van der Waals surface area contributed by atoms with Gasteiger partial charge in [0.05, 0.1) is 0 Å². The molecule has 1 aliphatic heterocycles. The second-order valence-corrected chi connectivity index (χ2v) is 6.01. The van der Waals surface area contributed by atoms with Crippen LogP contribution in [0.4, 0.5) is 4.79 Å². The molecule has 0 aromatic carbocycles. The summed E-state index contributed by atoms with van der Waals surface area (Å²) in [6.07, 6.45) is 5.30. The fourth-order valence-corrected chi connectivity index (χ4v) is 2.67. The molecule has 8 heteroatoms. The lowest BCUT2D eigenvalue weighted by atomic mass is 9.94. The van der Waals surface area contributed by atoms with Crippen molar-refractivity contribution in [3.63, 3.8) is 0 Å². The first kappa shape index (κ1) is 13.9. The zero-order valence-corrected chi connectivity index (χ0v) is 12.5. The third-order valence-electron chi connectivity index (χ3n) is 4.23. The number of carbonyl (C=O) groups excluding carboxylic acids is 2. The molecule has 1 saturated heterocycles. The molecular formula is C15H15N5O3. The van der Waals surface area contributed by atoms with Crippen molar-refractivity contribution in [2.75, 3.05) is 0 Å². The van der Waals surface area contributed by atoms with Crippen LogP contribution in [0.3, 0.4) is 0 Å². The number of nitrogens with zero attached hydrogens (tertiary/aromatic N) is 4. The Balaban J connectivity index is 1.57. The van der Waals surface area contributed by atoms with Gasteiger partial charge in [0.1, 0.15) is 12.1 Å². The zero-order chi connectivity index (χ0) is 16.0. The minimum atomic E-state index is -1.13. The van der Waals surface area contributed by atoms with Crippen molar-refractivity contribution >= 4 is 11.9 Å². The minimum absolute atomic E-state index is 0.0275. The molecule has 1 N–H and O–H groups in total. The summed E-state index contributed by atoms with van der Waals surface area (Å²) in [4.78, 5) is 34.3. The van der Waals surface area contributed by atoms with Gasteiger partial charge in [-0.05, 0) is 25.8 Å². The highest BCUT2D eigenvalue weighted by atomic mass is 16.5. The van der Waals surface area contributed by atoms with Gasteiger partial charge in [-0.15, -0.1) is 0 Å². The lowest BCUT2D eigenvalue weighted by Crippen LogP contribution is -2.40. The average Bonchev–Trinajstić information content (AvgIpc) is 3.26. The van der Waals surface area contributed by atoms with E-state index in [1.165, 1.54) is 0 Å². The summed E-state index contributed by atoms with van der Waals surface area (Å²) in [5.41, 5.74) is -0.505. The largest absolute Gasteiger partial charge is 0.337 e. The van der Waals surface area contributed by atoms with Crippen molar-refractivity contribution in [1.29, 1.82) is 0 Å². The van der Waals surface area contributed by atoms with E-state index in [2.05, 4.69) is 20.4 Å². The van der Waals surface area contributed by atoms with Gasteiger partial charge in [0, 0.05) is 23.9 Å². The van der Waals surface area contributed by atoms with Crippen molar-refractivity contribution in [1.82, 2.24) is 25.3 Å². The number of aromatic nitrogens is 3. The minimum Gasteiger partial charge on any atom is -0.337 e. The highest BCUT2D eigenvalue weighted by molar-refractivity contribution is 6.07. The molecule has 0 radical (unpaired) electrons. The lowest BCUT2D eigenvalue weighted by molar-refractivity contribution is -0.131. The van der Waals surface area contributed by atoms with Crippen molar-refractivity contribution in [3.8, 4) is 0 Å². The number of nitrogens with one attached hydrogen (secondary N) is 1. The maximum Gasteiger partial charge on any atom is 0.325 e. The quantitative estimate of drug-likeness (QED) is 0.854. The van der Waals surface area contributed by atoms with Crippen molar-refractivity contribution in [3.05, 3.63) is 41.8 Å². The first-order chi connectivity index (χ1) is 11.1. The van der Waals surface area contributed by atoms with Crippen LogP contribution in [-0.4, -0.2) is 32.0 Å². The summed E-state index contributed by atoms with van der Waals surface area (Å²) >= 11 is 0. The third-order valence-corrected chi connectivity index (χ3v) is 4.23. The number of pyridine rings is 1. The van der Waals surface area contributed by atoms with Crippen LogP contribution in [0, 0.1) is 0 Å². The van der Waals surface area contributed by atoms with E-state index in [4.69, 9.17) is 4.52 Å². The number of urea groups is 1. The Morgan fingerprint density at radius 1 is 1.43 bits per heavy atom.